The molecule has 0 aromatic carbocycles. The number of rotatable bonds is 2. The fourth-order valence-corrected chi connectivity index (χ4v) is 1.31. The van der Waals surface area contributed by atoms with E-state index in [1.54, 1.807) is 11.8 Å². The Kier molecular flexibility index (Phi) is 2.21. The average Bonchev–Trinajstić information content (AvgIpc) is 2.20. The van der Waals surface area contributed by atoms with Gasteiger partial charge in [-0.15, -0.1) is 0 Å². The van der Waals surface area contributed by atoms with Crippen molar-refractivity contribution in [3.05, 3.63) is 11.9 Å². The predicted octanol–water partition coefficient (Wildman–Crippen LogP) is 0.865. The van der Waals surface area contributed by atoms with Crippen molar-refractivity contribution in [3.8, 4) is 0 Å². The lowest BCUT2D eigenvalue weighted by atomic mass is 10.5. The second-order valence-electron chi connectivity index (χ2n) is 2.10. The Hall–Kier alpha value is -0.640. The molecule has 0 fully saturated rings. The minimum absolute atomic E-state index is 0.587. The Bertz CT molecular complexity index is 219. The van der Waals surface area contributed by atoms with Gasteiger partial charge >= 0.3 is 0 Å². The van der Waals surface area contributed by atoms with E-state index in [0.717, 1.165) is 5.75 Å². The largest absolute Gasteiger partial charge is 0.369 e. The van der Waals surface area contributed by atoms with Gasteiger partial charge in [0.1, 0.15) is 0 Å². The van der Waals surface area contributed by atoms with E-state index in [1.165, 1.54) is 5.69 Å². The molecule has 0 saturated carbocycles. The van der Waals surface area contributed by atoms with Crippen LogP contribution in [0.1, 0.15) is 5.69 Å². The summed E-state index contributed by atoms with van der Waals surface area (Å²) in [6.45, 7) is 0. The molecule has 0 aliphatic carbocycles. The molecule has 0 atom stereocenters. The maximum Gasteiger partial charge on any atom is 0.200 e. The van der Waals surface area contributed by atoms with E-state index >= 15 is 0 Å². The van der Waals surface area contributed by atoms with Crippen LogP contribution < -0.4 is 5.73 Å². The van der Waals surface area contributed by atoms with Gasteiger partial charge in [-0.3, -0.25) is 0 Å². The lowest BCUT2D eigenvalue weighted by Gasteiger charge is -1.99. The van der Waals surface area contributed by atoms with E-state index < -0.39 is 0 Å². The van der Waals surface area contributed by atoms with E-state index in [1.807, 2.05) is 17.8 Å². The predicted molar refractivity (Wildman–Crippen MR) is 44.8 cm³/mol. The third kappa shape index (κ3) is 1.26. The van der Waals surface area contributed by atoms with Crippen LogP contribution >= 0.6 is 11.8 Å². The van der Waals surface area contributed by atoms with Gasteiger partial charge < -0.3 is 10.3 Å². The van der Waals surface area contributed by atoms with Crippen molar-refractivity contribution in [2.24, 2.45) is 7.05 Å². The van der Waals surface area contributed by atoms with Gasteiger partial charge in [-0.1, -0.05) is 0 Å². The van der Waals surface area contributed by atoms with Crippen LogP contribution in [0, 0.1) is 0 Å². The Morgan fingerprint density at radius 3 is 2.90 bits per heavy atom. The lowest BCUT2D eigenvalue weighted by Crippen LogP contribution is -1.99. The van der Waals surface area contributed by atoms with E-state index in [4.69, 9.17) is 5.73 Å². The quantitative estimate of drug-likeness (QED) is 0.692. The summed E-state index contributed by atoms with van der Waals surface area (Å²) in [5.41, 5.74) is 6.68. The third-order valence-electron chi connectivity index (χ3n) is 1.41. The second-order valence-corrected chi connectivity index (χ2v) is 2.97. The smallest absolute Gasteiger partial charge is 0.200 e. The SMILES string of the molecule is CSCc1cnc(N)n1C. The zero-order valence-electron chi connectivity index (χ0n) is 6.16. The first-order chi connectivity index (χ1) is 4.75. The summed E-state index contributed by atoms with van der Waals surface area (Å²) in [4.78, 5) is 3.96. The summed E-state index contributed by atoms with van der Waals surface area (Å²) in [7, 11) is 1.92. The Morgan fingerprint density at radius 1 is 1.80 bits per heavy atom. The number of nitrogen functional groups attached to an aromatic ring is 1. The highest BCUT2D eigenvalue weighted by molar-refractivity contribution is 7.97. The van der Waals surface area contributed by atoms with E-state index in [9.17, 15) is 0 Å². The number of aromatic nitrogens is 2. The van der Waals surface area contributed by atoms with Gasteiger partial charge in [0.25, 0.3) is 0 Å². The monoisotopic (exact) mass is 157 g/mol. The summed E-state index contributed by atoms with van der Waals surface area (Å²) >= 11 is 1.77. The Labute approximate surface area is 64.6 Å². The topological polar surface area (TPSA) is 43.8 Å². The van der Waals surface area contributed by atoms with Crippen LogP contribution in [0.25, 0.3) is 0 Å². The molecule has 56 valence electrons. The molecule has 0 aliphatic rings. The van der Waals surface area contributed by atoms with Crippen LogP contribution in [-0.4, -0.2) is 15.8 Å². The molecule has 0 bridgehead atoms. The van der Waals surface area contributed by atoms with Crippen LogP contribution in [0.5, 0.6) is 0 Å². The van der Waals surface area contributed by atoms with Crippen molar-refractivity contribution in [3.63, 3.8) is 0 Å². The molecule has 4 heteroatoms. The number of anilines is 1. The van der Waals surface area contributed by atoms with Crippen molar-refractivity contribution in [2.75, 3.05) is 12.0 Å². The highest BCUT2D eigenvalue weighted by atomic mass is 32.2. The van der Waals surface area contributed by atoms with Gasteiger partial charge in [0.15, 0.2) is 5.95 Å². The first-order valence-electron chi connectivity index (χ1n) is 3.00. The molecule has 0 aliphatic heterocycles. The molecule has 3 nitrogen and oxygen atoms in total. The van der Waals surface area contributed by atoms with Crippen LogP contribution in [-0.2, 0) is 12.8 Å². The first kappa shape index (κ1) is 7.47. The zero-order valence-corrected chi connectivity index (χ0v) is 6.98. The van der Waals surface area contributed by atoms with E-state index in [-0.39, 0.29) is 0 Å². The van der Waals surface area contributed by atoms with Gasteiger partial charge in [0, 0.05) is 18.5 Å². The van der Waals surface area contributed by atoms with Gasteiger partial charge in [0.2, 0.25) is 0 Å². The zero-order chi connectivity index (χ0) is 7.56. The number of hydrogen-bond donors (Lipinski definition) is 1. The van der Waals surface area contributed by atoms with Crippen molar-refractivity contribution in [2.45, 2.75) is 5.75 Å². The molecule has 0 spiro atoms. The minimum Gasteiger partial charge on any atom is -0.369 e. The molecule has 1 heterocycles. The summed E-state index contributed by atoms with van der Waals surface area (Å²) < 4.78 is 1.90. The number of nitrogens with two attached hydrogens (primary N) is 1. The lowest BCUT2D eigenvalue weighted by molar-refractivity contribution is 0.882. The van der Waals surface area contributed by atoms with Gasteiger partial charge in [-0.25, -0.2) is 4.98 Å². The van der Waals surface area contributed by atoms with Gasteiger partial charge in [0.05, 0.1) is 6.20 Å². The fraction of sp³-hybridized carbons (Fsp3) is 0.500. The molecule has 10 heavy (non-hydrogen) atoms. The van der Waals surface area contributed by atoms with E-state index in [2.05, 4.69) is 11.2 Å². The van der Waals surface area contributed by atoms with Crippen molar-refractivity contribution >= 4 is 17.7 Å². The van der Waals surface area contributed by atoms with Crippen LogP contribution in [0.4, 0.5) is 5.95 Å². The molecule has 0 unspecified atom stereocenters. The standard InChI is InChI=1S/C6H11N3S/c1-9-5(4-10-2)3-8-6(9)7/h3H,4H2,1-2H3,(H2,7,8). The molecular formula is C6H11N3S. The van der Waals surface area contributed by atoms with Crippen LogP contribution in [0.3, 0.4) is 0 Å². The normalized spacial score (nSPS) is 10.2. The summed E-state index contributed by atoms with van der Waals surface area (Å²) in [6, 6.07) is 0. The van der Waals surface area contributed by atoms with Crippen molar-refractivity contribution < 1.29 is 0 Å². The number of imidazole rings is 1. The molecule has 1 aromatic heterocycles. The summed E-state index contributed by atoms with van der Waals surface area (Å²) in [5, 5.41) is 0. The van der Waals surface area contributed by atoms with Gasteiger partial charge in [-0.2, -0.15) is 11.8 Å². The van der Waals surface area contributed by atoms with Gasteiger partial charge in [-0.05, 0) is 6.26 Å². The molecule has 1 aromatic rings. The summed E-state index contributed by atoms with van der Waals surface area (Å²) in [5.74, 6) is 1.56. The minimum atomic E-state index is 0.587. The first-order valence-corrected chi connectivity index (χ1v) is 4.40. The summed E-state index contributed by atoms with van der Waals surface area (Å²) in [6.07, 6.45) is 3.87. The number of hydrogen-bond acceptors (Lipinski definition) is 3. The maximum absolute atomic E-state index is 5.51. The Balaban J connectivity index is 2.83. The number of thioether (sulfide) groups is 1. The molecule has 0 radical (unpaired) electrons. The maximum atomic E-state index is 5.51. The highest BCUT2D eigenvalue weighted by Crippen LogP contribution is 2.10. The van der Waals surface area contributed by atoms with E-state index in [0.29, 0.717) is 5.95 Å². The fourth-order valence-electron chi connectivity index (χ4n) is 0.743. The highest BCUT2D eigenvalue weighted by Gasteiger charge is 2.00. The third-order valence-corrected chi connectivity index (χ3v) is 2.00. The second kappa shape index (κ2) is 2.96. The Morgan fingerprint density at radius 2 is 2.50 bits per heavy atom. The van der Waals surface area contributed by atoms with Crippen molar-refractivity contribution in [1.82, 2.24) is 9.55 Å². The molecule has 0 amide bonds. The molecule has 0 saturated heterocycles. The van der Waals surface area contributed by atoms with Crippen LogP contribution in [0.2, 0.25) is 0 Å². The van der Waals surface area contributed by atoms with Crippen LogP contribution in [0.15, 0.2) is 6.20 Å². The van der Waals surface area contributed by atoms with Crippen molar-refractivity contribution in [1.29, 1.82) is 0 Å². The molecular weight excluding hydrogens is 146 g/mol. The number of nitrogens with zero attached hydrogens (tertiary/aromatic N) is 2. The molecule has 2 N–H and O–H groups in total. The average molecular weight is 157 g/mol. The molecule has 1 rings (SSSR count).